The number of nitrogens with zero attached hydrogens (tertiary/aromatic N) is 1. The summed E-state index contributed by atoms with van der Waals surface area (Å²) in [6.45, 7) is 3.52. The van der Waals surface area contributed by atoms with E-state index in [0.717, 1.165) is 12.1 Å². The van der Waals surface area contributed by atoms with Gasteiger partial charge in [0, 0.05) is 18.8 Å². The molecule has 3 N–H and O–H groups in total. The minimum atomic E-state index is -0.521. The van der Waals surface area contributed by atoms with E-state index < -0.39 is 6.10 Å². The summed E-state index contributed by atoms with van der Waals surface area (Å²) in [6, 6.07) is 15.7. The number of aryl methyl sites for hydroxylation is 1. The molecule has 0 aliphatic carbocycles. The van der Waals surface area contributed by atoms with E-state index in [-0.39, 0.29) is 0 Å². The van der Waals surface area contributed by atoms with Crippen LogP contribution in [0, 0.1) is 6.92 Å². The van der Waals surface area contributed by atoms with E-state index in [1.807, 2.05) is 43.4 Å². The van der Waals surface area contributed by atoms with Gasteiger partial charge in [0.1, 0.15) is 0 Å². The van der Waals surface area contributed by atoms with Gasteiger partial charge in [-0.3, -0.25) is 4.90 Å². The molecule has 20 heavy (non-hydrogen) atoms. The SMILES string of the molecule is Cc1ccccc1CN(C)CC(O)c1cccc(N)c1. The zero-order valence-electron chi connectivity index (χ0n) is 12.1. The maximum atomic E-state index is 10.3. The Balaban J connectivity index is 1.98. The highest BCUT2D eigenvalue weighted by Gasteiger charge is 2.11. The molecule has 2 aromatic carbocycles. The van der Waals surface area contributed by atoms with Gasteiger partial charge in [-0.2, -0.15) is 0 Å². The lowest BCUT2D eigenvalue weighted by Gasteiger charge is -2.22. The molecule has 3 heteroatoms. The van der Waals surface area contributed by atoms with Crippen LogP contribution in [0.15, 0.2) is 48.5 Å². The van der Waals surface area contributed by atoms with Crippen molar-refractivity contribution in [1.82, 2.24) is 4.90 Å². The van der Waals surface area contributed by atoms with E-state index in [0.29, 0.717) is 12.2 Å². The van der Waals surface area contributed by atoms with Gasteiger partial charge in [0.25, 0.3) is 0 Å². The number of benzene rings is 2. The molecular weight excluding hydrogens is 248 g/mol. The highest BCUT2D eigenvalue weighted by Crippen LogP contribution is 2.18. The number of hydrogen-bond acceptors (Lipinski definition) is 3. The van der Waals surface area contributed by atoms with Crippen molar-refractivity contribution in [2.75, 3.05) is 19.3 Å². The Morgan fingerprint density at radius 2 is 1.90 bits per heavy atom. The number of likely N-dealkylation sites (N-methyl/N-ethyl adjacent to an activating group) is 1. The lowest BCUT2D eigenvalue weighted by atomic mass is 10.1. The van der Waals surface area contributed by atoms with Crippen molar-refractivity contribution in [1.29, 1.82) is 0 Å². The van der Waals surface area contributed by atoms with Crippen LogP contribution >= 0.6 is 0 Å². The van der Waals surface area contributed by atoms with Crippen molar-refractivity contribution in [3.63, 3.8) is 0 Å². The number of aliphatic hydroxyl groups excluding tert-OH is 1. The molecule has 0 aliphatic rings. The van der Waals surface area contributed by atoms with Crippen molar-refractivity contribution in [2.24, 2.45) is 0 Å². The summed E-state index contributed by atoms with van der Waals surface area (Å²) >= 11 is 0. The lowest BCUT2D eigenvalue weighted by Crippen LogP contribution is -2.24. The number of aliphatic hydroxyl groups is 1. The van der Waals surface area contributed by atoms with Gasteiger partial charge < -0.3 is 10.8 Å². The van der Waals surface area contributed by atoms with E-state index in [4.69, 9.17) is 5.73 Å². The second-order valence-corrected chi connectivity index (χ2v) is 5.31. The van der Waals surface area contributed by atoms with Gasteiger partial charge in [-0.05, 0) is 42.8 Å². The normalized spacial score (nSPS) is 12.6. The monoisotopic (exact) mass is 270 g/mol. The quantitative estimate of drug-likeness (QED) is 0.821. The Hall–Kier alpha value is -1.84. The molecule has 2 rings (SSSR count). The fraction of sp³-hybridized carbons (Fsp3) is 0.294. The third-order valence-electron chi connectivity index (χ3n) is 3.48. The van der Waals surface area contributed by atoms with Crippen LogP contribution in [-0.2, 0) is 6.54 Å². The first kappa shape index (κ1) is 14.6. The molecule has 0 radical (unpaired) electrons. The van der Waals surface area contributed by atoms with Gasteiger partial charge >= 0.3 is 0 Å². The molecule has 0 heterocycles. The topological polar surface area (TPSA) is 49.5 Å². The average molecular weight is 270 g/mol. The minimum Gasteiger partial charge on any atom is -0.399 e. The third kappa shape index (κ3) is 3.83. The van der Waals surface area contributed by atoms with E-state index in [2.05, 4.69) is 24.0 Å². The van der Waals surface area contributed by atoms with Crippen molar-refractivity contribution < 1.29 is 5.11 Å². The first-order valence-corrected chi connectivity index (χ1v) is 6.83. The summed E-state index contributed by atoms with van der Waals surface area (Å²) in [5.41, 5.74) is 9.85. The summed E-state index contributed by atoms with van der Waals surface area (Å²) in [5.74, 6) is 0. The second-order valence-electron chi connectivity index (χ2n) is 5.31. The van der Waals surface area contributed by atoms with Crippen LogP contribution in [0.2, 0.25) is 0 Å². The van der Waals surface area contributed by atoms with Crippen LogP contribution in [0.1, 0.15) is 22.8 Å². The summed E-state index contributed by atoms with van der Waals surface area (Å²) < 4.78 is 0. The second kappa shape index (κ2) is 6.55. The fourth-order valence-electron chi connectivity index (χ4n) is 2.31. The Morgan fingerprint density at radius 3 is 2.60 bits per heavy atom. The van der Waals surface area contributed by atoms with Gasteiger partial charge in [0.05, 0.1) is 6.10 Å². The maximum absolute atomic E-state index is 10.3. The van der Waals surface area contributed by atoms with Crippen molar-refractivity contribution in [2.45, 2.75) is 19.6 Å². The Kier molecular flexibility index (Phi) is 4.77. The van der Waals surface area contributed by atoms with Gasteiger partial charge in [-0.1, -0.05) is 36.4 Å². The molecule has 0 spiro atoms. The number of hydrogen-bond donors (Lipinski definition) is 2. The minimum absolute atomic E-state index is 0.521. The first-order chi connectivity index (χ1) is 9.56. The molecule has 0 fully saturated rings. The van der Waals surface area contributed by atoms with Crippen LogP contribution in [0.25, 0.3) is 0 Å². The van der Waals surface area contributed by atoms with Crippen molar-refractivity contribution in [3.8, 4) is 0 Å². The molecule has 1 unspecified atom stereocenters. The standard InChI is InChI=1S/C17H22N2O/c1-13-6-3-4-7-15(13)11-19(2)12-17(20)14-8-5-9-16(18)10-14/h3-10,17,20H,11-12,18H2,1-2H3. The number of nitrogens with two attached hydrogens (primary N) is 1. The van der Waals surface area contributed by atoms with Crippen LogP contribution in [0.5, 0.6) is 0 Å². The zero-order chi connectivity index (χ0) is 14.5. The van der Waals surface area contributed by atoms with E-state index in [9.17, 15) is 5.11 Å². The van der Waals surface area contributed by atoms with Crippen molar-refractivity contribution >= 4 is 5.69 Å². The smallest absolute Gasteiger partial charge is 0.0917 e. The molecule has 0 saturated carbocycles. The van der Waals surface area contributed by atoms with Gasteiger partial charge in [-0.25, -0.2) is 0 Å². The fourth-order valence-corrected chi connectivity index (χ4v) is 2.31. The molecule has 3 nitrogen and oxygen atoms in total. The van der Waals surface area contributed by atoms with Crippen molar-refractivity contribution in [3.05, 3.63) is 65.2 Å². The van der Waals surface area contributed by atoms with Crippen LogP contribution < -0.4 is 5.73 Å². The molecule has 106 valence electrons. The lowest BCUT2D eigenvalue weighted by molar-refractivity contribution is 0.124. The summed E-state index contributed by atoms with van der Waals surface area (Å²) in [5, 5.41) is 10.3. The predicted octanol–water partition coefficient (Wildman–Crippen LogP) is 2.74. The molecule has 0 aromatic heterocycles. The van der Waals surface area contributed by atoms with Gasteiger partial charge in [0.15, 0.2) is 0 Å². The third-order valence-corrected chi connectivity index (χ3v) is 3.48. The Bertz CT molecular complexity index is 568. The van der Waals surface area contributed by atoms with Gasteiger partial charge in [0.2, 0.25) is 0 Å². The van der Waals surface area contributed by atoms with Crippen LogP contribution in [0.4, 0.5) is 5.69 Å². The Morgan fingerprint density at radius 1 is 1.15 bits per heavy atom. The molecule has 2 aromatic rings. The van der Waals surface area contributed by atoms with E-state index in [1.54, 1.807) is 0 Å². The summed E-state index contributed by atoms with van der Waals surface area (Å²) in [6.07, 6.45) is -0.521. The van der Waals surface area contributed by atoms with E-state index >= 15 is 0 Å². The number of nitrogen functional groups attached to an aromatic ring is 1. The first-order valence-electron chi connectivity index (χ1n) is 6.83. The molecule has 0 saturated heterocycles. The molecule has 0 amide bonds. The summed E-state index contributed by atoms with van der Waals surface area (Å²) in [4.78, 5) is 2.12. The van der Waals surface area contributed by atoms with Crippen LogP contribution in [0.3, 0.4) is 0 Å². The molecule has 0 bridgehead atoms. The zero-order valence-corrected chi connectivity index (χ0v) is 12.1. The largest absolute Gasteiger partial charge is 0.399 e. The number of rotatable bonds is 5. The molecule has 0 aliphatic heterocycles. The number of anilines is 1. The highest BCUT2D eigenvalue weighted by molar-refractivity contribution is 5.41. The van der Waals surface area contributed by atoms with Crippen LogP contribution in [-0.4, -0.2) is 23.6 Å². The Labute approximate surface area is 120 Å². The molecule has 1 atom stereocenters. The highest BCUT2D eigenvalue weighted by atomic mass is 16.3. The maximum Gasteiger partial charge on any atom is 0.0917 e. The van der Waals surface area contributed by atoms with Gasteiger partial charge in [-0.15, -0.1) is 0 Å². The summed E-state index contributed by atoms with van der Waals surface area (Å²) in [7, 11) is 2.02. The predicted molar refractivity (Wildman–Crippen MR) is 83.3 cm³/mol. The average Bonchev–Trinajstić information content (AvgIpc) is 2.41. The molecular formula is C17H22N2O. The van der Waals surface area contributed by atoms with E-state index in [1.165, 1.54) is 11.1 Å².